The highest BCUT2D eigenvalue weighted by Gasteiger charge is 2.33. The zero-order valence-electron chi connectivity index (χ0n) is 15.6. The van der Waals surface area contributed by atoms with E-state index in [0.29, 0.717) is 50.6 Å². The number of piperidine rings is 1. The number of amides is 1. The minimum Gasteiger partial charge on any atom is -0.486 e. The molecule has 4 rings (SSSR count). The van der Waals surface area contributed by atoms with E-state index in [1.165, 1.54) is 10.4 Å². The minimum absolute atomic E-state index is 0. The third-order valence-corrected chi connectivity index (χ3v) is 7.28. The van der Waals surface area contributed by atoms with E-state index in [9.17, 15) is 13.2 Å². The van der Waals surface area contributed by atoms with Gasteiger partial charge in [0.2, 0.25) is 15.9 Å². The van der Waals surface area contributed by atoms with Crippen molar-refractivity contribution in [2.75, 3.05) is 39.4 Å². The maximum atomic E-state index is 12.9. The van der Waals surface area contributed by atoms with Gasteiger partial charge in [0.1, 0.15) is 13.2 Å². The molecule has 0 bridgehead atoms. The van der Waals surface area contributed by atoms with Crippen molar-refractivity contribution in [2.45, 2.75) is 30.2 Å². The smallest absolute Gasteiger partial charge is 0.243 e. The Morgan fingerprint density at radius 2 is 1.82 bits per heavy atom. The second kappa shape index (κ2) is 8.86. The van der Waals surface area contributed by atoms with Gasteiger partial charge in [0.25, 0.3) is 0 Å². The van der Waals surface area contributed by atoms with E-state index < -0.39 is 10.0 Å². The SMILES string of the molecule is Cl.O=C(NC1CCNC1)C1CCN(S(=O)(=O)c2ccc3c(c2)OCCO3)CC1. The van der Waals surface area contributed by atoms with E-state index in [1.807, 2.05) is 0 Å². The molecule has 0 spiro atoms. The Labute approximate surface area is 171 Å². The van der Waals surface area contributed by atoms with Crippen molar-refractivity contribution in [3.8, 4) is 11.5 Å². The van der Waals surface area contributed by atoms with Crippen molar-refractivity contribution in [3.05, 3.63) is 18.2 Å². The Hall–Kier alpha value is -1.55. The lowest BCUT2D eigenvalue weighted by Crippen LogP contribution is -2.45. The fourth-order valence-electron chi connectivity index (χ4n) is 3.79. The molecule has 0 saturated carbocycles. The number of carbonyl (C=O) groups excluding carboxylic acids is 1. The third-order valence-electron chi connectivity index (χ3n) is 5.38. The van der Waals surface area contributed by atoms with Gasteiger partial charge in [0, 0.05) is 37.7 Å². The summed E-state index contributed by atoms with van der Waals surface area (Å²) >= 11 is 0. The Kier molecular flexibility index (Phi) is 6.69. The average Bonchev–Trinajstić information content (AvgIpc) is 3.20. The van der Waals surface area contributed by atoms with Gasteiger partial charge in [-0.2, -0.15) is 4.31 Å². The van der Waals surface area contributed by atoms with Crippen LogP contribution in [0.2, 0.25) is 0 Å². The maximum Gasteiger partial charge on any atom is 0.243 e. The molecule has 1 aromatic rings. The van der Waals surface area contributed by atoms with Crippen molar-refractivity contribution >= 4 is 28.3 Å². The number of benzene rings is 1. The van der Waals surface area contributed by atoms with Crippen LogP contribution in [0.25, 0.3) is 0 Å². The Morgan fingerprint density at radius 3 is 2.50 bits per heavy atom. The molecule has 2 saturated heterocycles. The van der Waals surface area contributed by atoms with Crippen molar-refractivity contribution in [1.82, 2.24) is 14.9 Å². The quantitative estimate of drug-likeness (QED) is 0.730. The van der Waals surface area contributed by atoms with Gasteiger partial charge < -0.3 is 20.1 Å². The Morgan fingerprint density at radius 1 is 1.11 bits per heavy atom. The molecule has 3 aliphatic rings. The molecule has 1 unspecified atom stereocenters. The highest BCUT2D eigenvalue weighted by Crippen LogP contribution is 2.34. The van der Waals surface area contributed by atoms with Crippen LogP contribution in [0.3, 0.4) is 0 Å². The number of nitrogens with zero attached hydrogens (tertiary/aromatic N) is 1. The number of ether oxygens (including phenoxy) is 2. The number of rotatable bonds is 4. The molecule has 0 aliphatic carbocycles. The van der Waals surface area contributed by atoms with Crippen LogP contribution >= 0.6 is 12.4 Å². The van der Waals surface area contributed by atoms with Gasteiger partial charge in [0.05, 0.1) is 4.90 Å². The summed E-state index contributed by atoms with van der Waals surface area (Å²) in [5.41, 5.74) is 0. The second-order valence-electron chi connectivity index (χ2n) is 7.18. The summed E-state index contributed by atoms with van der Waals surface area (Å²) < 4.78 is 38.3. The molecule has 2 N–H and O–H groups in total. The lowest BCUT2D eigenvalue weighted by Gasteiger charge is -2.31. The van der Waals surface area contributed by atoms with Gasteiger partial charge in [-0.05, 0) is 37.9 Å². The molecule has 1 atom stereocenters. The molecule has 0 aromatic heterocycles. The summed E-state index contributed by atoms with van der Waals surface area (Å²) in [5.74, 6) is 0.941. The molecule has 3 aliphatic heterocycles. The van der Waals surface area contributed by atoms with E-state index in [1.54, 1.807) is 12.1 Å². The lowest BCUT2D eigenvalue weighted by atomic mass is 9.97. The topological polar surface area (TPSA) is 97.0 Å². The first-order valence-electron chi connectivity index (χ1n) is 9.45. The summed E-state index contributed by atoms with van der Waals surface area (Å²) in [6.07, 6.45) is 2.02. The van der Waals surface area contributed by atoms with Crippen LogP contribution < -0.4 is 20.1 Å². The molecular formula is C18H26ClN3O5S. The molecule has 3 heterocycles. The summed E-state index contributed by atoms with van der Waals surface area (Å²) in [4.78, 5) is 12.6. The Bertz CT molecular complexity index is 805. The van der Waals surface area contributed by atoms with E-state index >= 15 is 0 Å². The van der Waals surface area contributed by atoms with E-state index in [0.717, 1.165) is 19.5 Å². The summed E-state index contributed by atoms with van der Waals surface area (Å²) in [6.45, 7) is 3.30. The van der Waals surface area contributed by atoms with Crippen LogP contribution in [0.15, 0.2) is 23.1 Å². The number of hydrogen-bond donors (Lipinski definition) is 2. The number of hydrogen-bond acceptors (Lipinski definition) is 6. The average molecular weight is 432 g/mol. The monoisotopic (exact) mass is 431 g/mol. The van der Waals surface area contributed by atoms with Gasteiger partial charge in [-0.3, -0.25) is 4.79 Å². The lowest BCUT2D eigenvalue weighted by molar-refractivity contribution is -0.126. The van der Waals surface area contributed by atoms with Gasteiger partial charge >= 0.3 is 0 Å². The van der Waals surface area contributed by atoms with Crippen molar-refractivity contribution in [2.24, 2.45) is 5.92 Å². The van der Waals surface area contributed by atoms with E-state index in [4.69, 9.17) is 9.47 Å². The number of fused-ring (bicyclic) bond motifs is 1. The van der Waals surface area contributed by atoms with Crippen LogP contribution in [0.1, 0.15) is 19.3 Å². The molecule has 1 aromatic carbocycles. The third kappa shape index (κ3) is 4.37. The predicted molar refractivity (Wildman–Crippen MR) is 106 cm³/mol. The van der Waals surface area contributed by atoms with Crippen LogP contribution in [0, 0.1) is 5.92 Å². The molecule has 2 fully saturated rings. The first-order chi connectivity index (χ1) is 13.0. The number of nitrogens with one attached hydrogen (secondary N) is 2. The first-order valence-corrected chi connectivity index (χ1v) is 10.9. The van der Waals surface area contributed by atoms with Gasteiger partial charge in [0.15, 0.2) is 11.5 Å². The standard InChI is InChI=1S/C18H25N3O5S.ClH/c22-18(20-14-3-6-19-12-14)13-4-7-21(8-5-13)27(23,24)15-1-2-16-17(11-15)26-10-9-25-16;/h1-2,11,13-14,19H,3-10,12H2,(H,20,22);1H. The molecule has 28 heavy (non-hydrogen) atoms. The molecule has 8 nitrogen and oxygen atoms in total. The Balaban J connectivity index is 0.00000225. The van der Waals surface area contributed by atoms with E-state index in [2.05, 4.69) is 10.6 Å². The van der Waals surface area contributed by atoms with Gasteiger partial charge in [-0.1, -0.05) is 0 Å². The number of halogens is 1. The van der Waals surface area contributed by atoms with Crippen molar-refractivity contribution in [1.29, 1.82) is 0 Å². The molecule has 156 valence electrons. The van der Waals surface area contributed by atoms with E-state index in [-0.39, 0.29) is 35.2 Å². The number of carbonyl (C=O) groups is 1. The van der Waals surface area contributed by atoms with Crippen molar-refractivity contribution < 1.29 is 22.7 Å². The molecule has 10 heteroatoms. The first kappa shape index (κ1) is 21.2. The zero-order chi connectivity index (χ0) is 18.9. The van der Waals surface area contributed by atoms with Crippen LogP contribution in [0.5, 0.6) is 11.5 Å². The zero-order valence-corrected chi connectivity index (χ0v) is 17.2. The summed E-state index contributed by atoms with van der Waals surface area (Å²) in [5, 5.41) is 6.29. The van der Waals surface area contributed by atoms with Crippen molar-refractivity contribution in [3.63, 3.8) is 0 Å². The number of sulfonamides is 1. The molecule has 0 radical (unpaired) electrons. The minimum atomic E-state index is -3.61. The molecular weight excluding hydrogens is 406 g/mol. The summed E-state index contributed by atoms with van der Waals surface area (Å²) in [6, 6.07) is 4.90. The van der Waals surface area contributed by atoms with Crippen LogP contribution in [-0.4, -0.2) is 64.1 Å². The fraction of sp³-hybridized carbons (Fsp3) is 0.611. The highest BCUT2D eigenvalue weighted by molar-refractivity contribution is 7.89. The fourth-order valence-corrected chi connectivity index (χ4v) is 5.27. The van der Waals surface area contributed by atoms with Gasteiger partial charge in [-0.15, -0.1) is 12.4 Å². The van der Waals surface area contributed by atoms with Gasteiger partial charge in [-0.25, -0.2) is 8.42 Å². The largest absolute Gasteiger partial charge is 0.486 e. The van der Waals surface area contributed by atoms with Crippen LogP contribution in [-0.2, 0) is 14.8 Å². The molecule has 1 amide bonds. The normalized spacial score (nSPS) is 23.1. The predicted octanol–water partition coefficient (Wildman–Crippen LogP) is 0.758. The maximum absolute atomic E-state index is 12.9. The second-order valence-corrected chi connectivity index (χ2v) is 9.12. The highest BCUT2D eigenvalue weighted by atomic mass is 35.5. The summed E-state index contributed by atoms with van der Waals surface area (Å²) in [7, 11) is -3.61. The van der Waals surface area contributed by atoms with Crippen LogP contribution in [0.4, 0.5) is 0 Å².